The van der Waals surface area contributed by atoms with Crippen molar-refractivity contribution in [1.82, 2.24) is 4.90 Å². The molecule has 1 heterocycles. The summed E-state index contributed by atoms with van der Waals surface area (Å²) < 4.78 is 12.2. The number of aliphatic hydroxyl groups is 1. The number of carbonyl (C=O) groups is 1. The standard InChI is InChI=1S/C32H49NO4Si/c1-6-7-8-9-13-16-29-25(2)32(38(4,5)28-19-17-27(36-3)18-20-28)30(37-29)23-31(35)33(21-22-34)24-26-14-11-10-12-15-26/h10-12,14-15,17-20,25,29-30,32,34H,6-9,13,16,21-24H2,1-5H3/t25-,29+,30-,32+/m0/s1. The molecule has 0 radical (unpaired) electrons. The summed E-state index contributed by atoms with van der Waals surface area (Å²) in [5.74, 6) is 1.32. The van der Waals surface area contributed by atoms with E-state index < -0.39 is 8.07 Å². The molecule has 6 heteroatoms. The molecule has 0 saturated carbocycles. The summed E-state index contributed by atoms with van der Waals surface area (Å²) in [4.78, 5) is 15.5. The second kappa shape index (κ2) is 14.9. The van der Waals surface area contributed by atoms with Gasteiger partial charge in [0.25, 0.3) is 0 Å². The largest absolute Gasteiger partial charge is 0.497 e. The van der Waals surface area contributed by atoms with E-state index in [0.29, 0.717) is 31.0 Å². The Morgan fingerprint density at radius 1 is 1.00 bits per heavy atom. The third-order valence-electron chi connectivity index (χ3n) is 8.48. The van der Waals surface area contributed by atoms with Gasteiger partial charge in [-0.25, -0.2) is 0 Å². The van der Waals surface area contributed by atoms with Gasteiger partial charge in [-0.2, -0.15) is 0 Å². The second-order valence-electron chi connectivity index (χ2n) is 11.5. The molecule has 2 aromatic carbocycles. The Balaban J connectivity index is 1.81. The molecule has 1 fully saturated rings. The number of ether oxygens (including phenoxy) is 2. The molecule has 0 unspecified atom stereocenters. The Hall–Kier alpha value is -2.15. The lowest BCUT2D eigenvalue weighted by molar-refractivity contribution is -0.135. The molecule has 0 spiro atoms. The number of unbranched alkanes of at least 4 members (excludes halogenated alkanes) is 4. The third-order valence-corrected chi connectivity index (χ3v) is 12.9. The molecule has 0 aliphatic carbocycles. The molecule has 2 aromatic rings. The van der Waals surface area contributed by atoms with Crippen molar-refractivity contribution in [3.05, 3.63) is 60.2 Å². The van der Waals surface area contributed by atoms with Crippen LogP contribution in [0, 0.1) is 5.92 Å². The van der Waals surface area contributed by atoms with E-state index in [1.54, 1.807) is 12.0 Å². The maximum Gasteiger partial charge on any atom is 0.225 e. The zero-order valence-corrected chi connectivity index (χ0v) is 25.2. The van der Waals surface area contributed by atoms with E-state index in [2.05, 4.69) is 51.2 Å². The zero-order chi connectivity index (χ0) is 27.5. The second-order valence-corrected chi connectivity index (χ2v) is 16.2. The van der Waals surface area contributed by atoms with Gasteiger partial charge in [-0.05, 0) is 35.6 Å². The van der Waals surface area contributed by atoms with Gasteiger partial charge in [0.15, 0.2) is 0 Å². The normalized spacial score (nSPS) is 21.4. The zero-order valence-electron chi connectivity index (χ0n) is 24.2. The Kier molecular flexibility index (Phi) is 11.9. The monoisotopic (exact) mass is 539 g/mol. The predicted octanol–water partition coefficient (Wildman–Crippen LogP) is 6.16. The number of hydrogen-bond acceptors (Lipinski definition) is 4. The quantitative estimate of drug-likeness (QED) is 0.218. The summed E-state index contributed by atoms with van der Waals surface area (Å²) in [5, 5.41) is 11.1. The molecule has 1 aliphatic heterocycles. The lowest BCUT2D eigenvalue weighted by Crippen LogP contribution is -2.51. The van der Waals surface area contributed by atoms with E-state index in [-0.39, 0.29) is 24.7 Å². The molecule has 4 atom stereocenters. The van der Waals surface area contributed by atoms with Crippen LogP contribution in [0.5, 0.6) is 5.75 Å². The highest BCUT2D eigenvalue weighted by Gasteiger charge is 2.51. The maximum atomic E-state index is 13.7. The maximum absolute atomic E-state index is 13.7. The molecule has 1 N–H and O–H groups in total. The minimum Gasteiger partial charge on any atom is -0.497 e. The number of hydrogen-bond donors (Lipinski definition) is 1. The van der Waals surface area contributed by atoms with Crippen molar-refractivity contribution >= 4 is 19.2 Å². The third kappa shape index (κ3) is 7.93. The van der Waals surface area contributed by atoms with Gasteiger partial charge < -0.3 is 19.5 Å². The Bertz CT molecular complexity index is 965. The summed E-state index contributed by atoms with van der Waals surface area (Å²) in [7, 11) is -0.306. The van der Waals surface area contributed by atoms with Crippen molar-refractivity contribution in [2.45, 2.75) is 96.2 Å². The number of nitrogens with zero attached hydrogens (tertiary/aromatic N) is 1. The molecule has 1 saturated heterocycles. The van der Waals surface area contributed by atoms with Crippen molar-refractivity contribution in [3.63, 3.8) is 0 Å². The van der Waals surface area contributed by atoms with Crippen molar-refractivity contribution in [3.8, 4) is 5.75 Å². The highest BCUT2D eigenvalue weighted by molar-refractivity contribution is 6.91. The van der Waals surface area contributed by atoms with E-state index in [4.69, 9.17) is 9.47 Å². The van der Waals surface area contributed by atoms with Crippen LogP contribution in [0.1, 0.15) is 64.4 Å². The molecule has 38 heavy (non-hydrogen) atoms. The van der Waals surface area contributed by atoms with Crippen LogP contribution in [0.15, 0.2) is 54.6 Å². The molecule has 5 nitrogen and oxygen atoms in total. The lowest BCUT2D eigenvalue weighted by Gasteiger charge is -2.36. The first-order chi connectivity index (χ1) is 18.3. The van der Waals surface area contributed by atoms with Crippen molar-refractivity contribution in [2.75, 3.05) is 20.3 Å². The fourth-order valence-electron chi connectivity index (χ4n) is 6.31. The SMILES string of the molecule is CCCCCCC[C@H]1O[C@@H](CC(=O)N(CCO)Cc2ccccc2)[C@H]([Si](C)(C)c2ccc(OC)cc2)[C@H]1C. The number of amides is 1. The molecule has 1 aliphatic rings. The molecule has 210 valence electrons. The Morgan fingerprint density at radius 3 is 2.32 bits per heavy atom. The summed E-state index contributed by atoms with van der Waals surface area (Å²) >= 11 is 0. The minimum absolute atomic E-state index is 0.0452. The number of rotatable bonds is 15. The topological polar surface area (TPSA) is 59.0 Å². The number of benzene rings is 2. The van der Waals surface area contributed by atoms with E-state index in [1.807, 2.05) is 30.3 Å². The molecule has 0 aromatic heterocycles. The molecule has 1 amide bonds. The summed E-state index contributed by atoms with van der Waals surface area (Å²) in [6, 6.07) is 18.5. The molecular weight excluding hydrogens is 490 g/mol. The van der Waals surface area contributed by atoms with E-state index in [0.717, 1.165) is 17.7 Å². The first kappa shape index (κ1) is 30.4. The highest BCUT2D eigenvalue weighted by Crippen LogP contribution is 2.46. The van der Waals surface area contributed by atoms with E-state index in [1.165, 1.54) is 37.3 Å². The van der Waals surface area contributed by atoms with Gasteiger partial charge in [0.2, 0.25) is 5.91 Å². The fourth-order valence-corrected chi connectivity index (χ4v) is 10.4. The molecule has 0 bridgehead atoms. The summed E-state index contributed by atoms with van der Waals surface area (Å²) in [6.07, 6.45) is 7.74. The van der Waals surface area contributed by atoms with Crippen molar-refractivity contribution in [2.24, 2.45) is 5.92 Å². The number of carbonyl (C=O) groups excluding carboxylic acids is 1. The first-order valence-electron chi connectivity index (χ1n) is 14.5. The van der Waals surface area contributed by atoms with E-state index >= 15 is 0 Å². The average Bonchev–Trinajstić information content (AvgIpc) is 3.23. The van der Waals surface area contributed by atoms with Crippen LogP contribution < -0.4 is 9.92 Å². The fraction of sp³-hybridized carbons (Fsp3) is 0.594. The average molecular weight is 540 g/mol. The van der Waals surface area contributed by atoms with Gasteiger partial charge in [-0.3, -0.25) is 4.79 Å². The van der Waals surface area contributed by atoms with Gasteiger partial charge in [0.05, 0.1) is 40.4 Å². The van der Waals surface area contributed by atoms with Gasteiger partial charge in [-0.15, -0.1) is 0 Å². The van der Waals surface area contributed by atoms with Crippen LogP contribution in [0.3, 0.4) is 0 Å². The van der Waals surface area contributed by atoms with Crippen molar-refractivity contribution in [1.29, 1.82) is 0 Å². The first-order valence-corrected chi connectivity index (χ1v) is 17.6. The van der Waals surface area contributed by atoms with Gasteiger partial charge in [-0.1, -0.05) is 107 Å². The molecular formula is C32H49NO4Si. The smallest absolute Gasteiger partial charge is 0.225 e. The summed E-state index contributed by atoms with van der Waals surface area (Å²) in [5.41, 5.74) is 1.40. The van der Waals surface area contributed by atoms with Crippen LogP contribution in [0.4, 0.5) is 0 Å². The Labute approximate surface area is 231 Å². The summed E-state index contributed by atoms with van der Waals surface area (Å²) in [6.45, 7) is 10.2. The van der Waals surface area contributed by atoms with E-state index in [9.17, 15) is 9.90 Å². The van der Waals surface area contributed by atoms with Gasteiger partial charge in [0, 0.05) is 13.1 Å². The number of methoxy groups -OCH3 is 1. The minimum atomic E-state index is -2.01. The van der Waals surface area contributed by atoms with Gasteiger partial charge >= 0.3 is 0 Å². The van der Waals surface area contributed by atoms with Crippen LogP contribution >= 0.6 is 0 Å². The van der Waals surface area contributed by atoms with Crippen LogP contribution in [-0.4, -0.2) is 56.5 Å². The van der Waals surface area contributed by atoms with Gasteiger partial charge in [0.1, 0.15) is 5.75 Å². The van der Waals surface area contributed by atoms with Crippen LogP contribution in [0.2, 0.25) is 18.6 Å². The lowest BCUT2D eigenvalue weighted by atomic mass is 9.95. The Morgan fingerprint density at radius 2 is 1.68 bits per heavy atom. The van der Waals surface area contributed by atoms with Crippen molar-refractivity contribution < 1.29 is 19.4 Å². The highest BCUT2D eigenvalue weighted by atomic mass is 28.3. The van der Waals surface area contributed by atoms with Crippen LogP contribution in [0.25, 0.3) is 0 Å². The predicted molar refractivity (Wildman–Crippen MR) is 159 cm³/mol. The molecule has 3 rings (SSSR count). The van der Waals surface area contributed by atoms with Crippen LogP contribution in [-0.2, 0) is 16.1 Å². The number of aliphatic hydroxyl groups excluding tert-OH is 1.